The van der Waals surface area contributed by atoms with Gasteiger partial charge in [0.2, 0.25) is 15.9 Å². The van der Waals surface area contributed by atoms with Gasteiger partial charge >= 0.3 is 0 Å². The van der Waals surface area contributed by atoms with E-state index in [1.165, 1.54) is 31.0 Å². The number of nitrogens with one attached hydrogen (secondary N) is 1. The van der Waals surface area contributed by atoms with Gasteiger partial charge in [-0.1, -0.05) is 35.9 Å². The minimum absolute atomic E-state index is 0.0766. The van der Waals surface area contributed by atoms with Gasteiger partial charge in [-0.05, 0) is 35.9 Å². The lowest BCUT2D eigenvalue weighted by Crippen LogP contribution is -2.37. The number of ether oxygens (including phenoxy) is 1. The highest BCUT2D eigenvalue weighted by molar-refractivity contribution is 7.98. The van der Waals surface area contributed by atoms with Crippen molar-refractivity contribution in [3.8, 4) is 5.75 Å². The highest BCUT2D eigenvalue weighted by Crippen LogP contribution is 2.34. The van der Waals surface area contributed by atoms with Crippen LogP contribution in [0.15, 0.2) is 71.6 Å². The van der Waals surface area contributed by atoms with Crippen LogP contribution in [0.25, 0.3) is 0 Å². The first-order valence-corrected chi connectivity index (χ1v) is 13.4. The number of hydrogen-bond donors (Lipinski definition) is 1. The van der Waals surface area contributed by atoms with Crippen molar-refractivity contribution < 1.29 is 22.9 Å². The maximum atomic E-state index is 12.9. The first-order chi connectivity index (χ1) is 16.6. The van der Waals surface area contributed by atoms with E-state index in [2.05, 4.69) is 5.32 Å². The number of amides is 1. The predicted molar refractivity (Wildman–Crippen MR) is 138 cm³/mol. The summed E-state index contributed by atoms with van der Waals surface area (Å²) in [5.41, 5.74) is 1.11. The number of anilines is 2. The average molecular weight is 536 g/mol. The molecule has 0 radical (unpaired) electrons. The van der Waals surface area contributed by atoms with Crippen molar-refractivity contribution in [2.24, 2.45) is 0 Å². The predicted octanol–water partition coefficient (Wildman–Crippen LogP) is 4.95. The number of non-ortho nitro benzene ring substituents is 1. The molecule has 184 valence electrons. The fraction of sp³-hybridized carbons (Fsp3) is 0.174. The quantitative estimate of drug-likeness (QED) is 0.221. The molecule has 0 heterocycles. The molecule has 35 heavy (non-hydrogen) atoms. The summed E-state index contributed by atoms with van der Waals surface area (Å²) < 4.78 is 31.0. The van der Waals surface area contributed by atoms with Gasteiger partial charge in [-0.2, -0.15) is 0 Å². The molecule has 3 rings (SSSR count). The van der Waals surface area contributed by atoms with Gasteiger partial charge in [0.15, 0.2) is 0 Å². The number of carbonyl (C=O) groups is 1. The van der Waals surface area contributed by atoms with Gasteiger partial charge in [0, 0.05) is 27.8 Å². The zero-order valence-corrected chi connectivity index (χ0v) is 21.2. The fourth-order valence-corrected chi connectivity index (χ4v) is 5.07. The van der Waals surface area contributed by atoms with Crippen LogP contribution in [-0.2, 0) is 20.6 Å². The van der Waals surface area contributed by atoms with E-state index in [-0.39, 0.29) is 17.1 Å². The highest BCUT2D eigenvalue weighted by Gasteiger charge is 2.26. The third kappa shape index (κ3) is 7.10. The monoisotopic (exact) mass is 535 g/mol. The Labute approximate surface area is 212 Å². The number of halogens is 1. The third-order valence-electron chi connectivity index (χ3n) is 4.80. The van der Waals surface area contributed by atoms with E-state index in [4.69, 9.17) is 16.3 Å². The number of nitro groups is 1. The molecule has 0 fully saturated rings. The van der Waals surface area contributed by atoms with Gasteiger partial charge in [-0.3, -0.25) is 19.2 Å². The number of para-hydroxylation sites is 1. The molecule has 0 saturated heterocycles. The van der Waals surface area contributed by atoms with E-state index < -0.39 is 27.4 Å². The first kappa shape index (κ1) is 26.3. The molecule has 3 aromatic rings. The van der Waals surface area contributed by atoms with Gasteiger partial charge in [0.1, 0.15) is 18.0 Å². The molecule has 0 saturated carbocycles. The summed E-state index contributed by atoms with van der Waals surface area (Å²) in [5, 5.41) is 14.6. The molecule has 0 aromatic heterocycles. The van der Waals surface area contributed by atoms with Crippen molar-refractivity contribution in [1.82, 2.24) is 0 Å². The van der Waals surface area contributed by atoms with Crippen molar-refractivity contribution >= 4 is 56.4 Å². The van der Waals surface area contributed by atoms with Crippen molar-refractivity contribution in [3.05, 3.63) is 87.4 Å². The molecule has 0 aliphatic rings. The molecule has 1 N–H and O–H groups in total. The van der Waals surface area contributed by atoms with Crippen molar-refractivity contribution in [3.63, 3.8) is 0 Å². The number of nitrogens with zero attached hydrogens (tertiary/aromatic N) is 2. The summed E-state index contributed by atoms with van der Waals surface area (Å²) in [7, 11) is -2.68. The molecular weight excluding hydrogens is 514 g/mol. The maximum absolute atomic E-state index is 12.9. The van der Waals surface area contributed by atoms with Gasteiger partial charge in [0.25, 0.3) is 5.69 Å². The molecule has 3 aromatic carbocycles. The Morgan fingerprint density at radius 2 is 1.83 bits per heavy atom. The third-order valence-corrected chi connectivity index (χ3v) is 7.32. The topological polar surface area (TPSA) is 119 Å². The molecule has 0 bridgehead atoms. The van der Waals surface area contributed by atoms with Crippen molar-refractivity contribution in [2.45, 2.75) is 10.6 Å². The number of rotatable bonds is 10. The van der Waals surface area contributed by atoms with Crippen LogP contribution in [-0.4, -0.2) is 39.2 Å². The standard InChI is InChI=1S/C23H22ClN3O6S2/c1-33-21-12-11-18(27(29)30)13-20(21)26(35(2,31)32)14-23(28)25-19-5-3-4-6-22(19)34-15-16-7-9-17(24)10-8-16/h3-13H,14-15H2,1-2H3,(H,25,28). The maximum Gasteiger partial charge on any atom is 0.271 e. The minimum atomic E-state index is -3.99. The van der Waals surface area contributed by atoms with Crippen LogP contribution in [0.3, 0.4) is 0 Å². The number of methoxy groups -OCH3 is 1. The van der Waals surface area contributed by atoms with E-state index in [9.17, 15) is 23.3 Å². The van der Waals surface area contributed by atoms with Gasteiger partial charge < -0.3 is 10.1 Å². The highest BCUT2D eigenvalue weighted by atomic mass is 35.5. The van der Waals surface area contributed by atoms with E-state index >= 15 is 0 Å². The van der Waals surface area contributed by atoms with E-state index in [1.807, 2.05) is 24.3 Å². The molecule has 1 amide bonds. The second-order valence-corrected chi connectivity index (χ2v) is 10.7. The smallest absolute Gasteiger partial charge is 0.271 e. The van der Waals surface area contributed by atoms with E-state index in [0.29, 0.717) is 16.5 Å². The molecule has 0 atom stereocenters. The van der Waals surface area contributed by atoms with Crippen LogP contribution in [0.5, 0.6) is 5.75 Å². The Morgan fingerprint density at radius 1 is 1.14 bits per heavy atom. The summed E-state index contributed by atoms with van der Waals surface area (Å²) in [4.78, 5) is 24.3. The second-order valence-electron chi connectivity index (χ2n) is 7.34. The van der Waals surface area contributed by atoms with Crippen molar-refractivity contribution in [2.75, 3.05) is 29.5 Å². The Bertz CT molecular complexity index is 1330. The van der Waals surface area contributed by atoms with Gasteiger partial charge in [0.05, 0.1) is 24.0 Å². The molecule has 9 nitrogen and oxygen atoms in total. The lowest BCUT2D eigenvalue weighted by atomic mass is 10.2. The van der Waals surface area contributed by atoms with Crippen LogP contribution < -0.4 is 14.4 Å². The molecule has 0 aliphatic carbocycles. The van der Waals surface area contributed by atoms with Crippen LogP contribution in [0, 0.1) is 10.1 Å². The Morgan fingerprint density at radius 3 is 2.46 bits per heavy atom. The average Bonchev–Trinajstić information content (AvgIpc) is 2.82. The van der Waals surface area contributed by atoms with Crippen LogP contribution in [0.1, 0.15) is 5.56 Å². The molecule has 0 aliphatic heterocycles. The first-order valence-electron chi connectivity index (χ1n) is 10.1. The number of nitro benzene ring substituents is 1. The van der Waals surface area contributed by atoms with Crippen LogP contribution in [0.4, 0.5) is 17.1 Å². The summed E-state index contributed by atoms with van der Waals surface area (Å²) in [6, 6.07) is 18.1. The Hall–Kier alpha value is -3.28. The zero-order valence-electron chi connectivity index (χ0n) is 18.8. The number of sulfonamides is 1. The Kier molecular flexibility index (Phi) is 8.60. The number of hydrogen-bond acceptors (Lipinski definition) is 7. The van der Waals surface area contributed by atoms with Gasteiger partial charge in [-0.15, -0.1) is 11.8 Å². The fourth-order valence-electron chi connectivity index (χ4n) is 3.13. The summed E-state index contributed by atoms with van der Waals surface area (Å²) in [5.74, 6) is 0.0842. The SMILES string of the molecule is COc1ccc([N+](=O)[O-])cc1N(CC(=O)Nc1ccccc1SCc1ccc(Cl)cc1)S(C)(=O)=O. The normalized spacial score (nSPS) is 11.1. The van der Waals surface area contributed by atoms with E-state index in [1.54, 1.807) is 24.3 Å². The summed E-state index contributed by atoms with van der Waals surface area (Å²) in [6.07, 6.45) is 0.911. The number of thioether (sulfide) groups is 1. The summed E-state index contributed by atoms with van der Waals surface area (Å²) in [6.45, 7) is -0.605. The number of benzene rings is 3. The lowest BCUT2D eigenvalue weighted by molar-refractivity contribution is -0.384. The molecule has 0 unspecified atom stereocenters. The molecule has 0 spiro atoms. The lowest BCUT2D eigenvalue weighted by Gasteiger charge is -2.23. The molecular formula is C23H22ClN3O6S2. The Balaban J connectivity index is 1.81. The number of carbonyl (C=O) groups excluding carboxylic acids is 1. The van der Waals surface area contributed by atoms with Crippen LogP contribution in [0.2, 0.25) is 5.02 Å². The van der Waals surface area contributed by atoms with E-state index in [0.717, 1.165) is 27.1 Å². The summed E-state index contributed by atoms with van der Waals surface area (Å²) >= 11 is 7.43. The van der Waals surface area contributed by atoms with Crippen molar-refractivity contribution in [1.29, 1.82) is 0 Å². The minimum Gasteiger partial charge on any atom is -0.495 e. The zero-order chi connectivity index (χ0) is 25.6. The van der Waals surface area contributed by atoms with Gasteiger partial charge in [-0.25, -0.2) is 8.42 Å². The van der Waals surface area contributed by atoms with Crippen LogP contribution >= 0.6 is 23.4 Å². The molecule has 12 heteroatoms. The largest absolute Gasteiger partial charge is 0.495 e. The second kappa shape index (κ2) is 11.4.